The number of nitrogens with zero attached hydrogens (tertiary/aromatic N) is 1. The van der Waals surface area contributed by atoms with E-state index in [1.165, 1.54) is 11.3 Å². The van der Waals surface area contributed by atoms with Crippen LogP contribution in [0, 0.1) is 0 Å². The number of fused-ring (bicyclic) bond motifs is 1. The molecule has 1 aromatic carbocycles. The van der Waals surface area contributed by atoms with E-state index in [4.69, 9.17) is 23.2 Å². The highest BCUT2D eigenvalue weighted by atomic mass is 35.5. The average Bonchev–Trinajstić information content (AvgIpc) is 2.94. The van der Waals surface area contributed by atoms with Gasteiger partial charge in [0.05, 0.1) is 9.90 Å². The number of hydrogen-bond acceptors (Lipinski definition) is 2. The van der Waals surface area contributed by atoms with E-state index in [0.717, 1.165) is 10.9 Å². The van der Waals surface area contributed by atoms with Crippen LogP contribution < -0.4 is 0 Å². The lowest BCUT2D eigenvalue weighted by Crippen LogP contribution is -1.98. The molecule has 0 amide bonds. The Bertz CT molecular complexity index is 788. The zero-order chi connectivity index (χ0) is 13.6. The van der Waals surface area contributed by atoms with Gasteiger partial charge in [0.25, 0.3) is 0 Å². The molecular weight excluding hydrogens is 301 g/mol. The summed E-state index contributed by atoms with van der Waals surface area (Å²) in [4.78, 5) is 13.1. The van der Waals surface area contributed by atoms with Crippen molar-refractivity contribution >= 4 is 51.2 Å². The summed E-state index contributed by atoms with van der Waals surface area (Å²) in [5.41, 5.74) is 1.59. The molecule has 0 fully saturated rings. The summed E-state index contributed by atoms with van der Waals surface area (Å²) < 4.78 is 1.90. The molecule has 96 valence electrons. The van der Waals surface area contributed by atoms with Crippen molar-refractivity contribution < 1.29 is 4.79 Å². The highest BCUT2D eigenvalue weighted by Gasteiger charge is 2.19. The monoisotopic (exact) mass is 309 g/mol. The molecule has 0 aliphatic carbocycles. The lowest BCUT2D eigenvalue weighted by atomic mass is 10.1. The van der Waals surface area contributed by atoms with E-state index in [0.29, 0.717) is 20.5 Å². The molecule has 3 aromatic rings. The average molecular weight is 310 g/mol. The van der Waals surface area contributed by atoms with Gasteiger partial charge in [-0.1, -0.05) is 29.3 Å². The third-order valence-electron chi connectivity index (χ3n) is 3.02. The molecule has 0 bridgehead atoms. The predicted molar refractivity (Wildman–Crippen MR) is 80.7 cm³/mol. The first-order chi connectivity index (χ1) is 9.08. The topological polar surface area (TPSA) is 22.0 Å². The number of carbonyl (C=O) groups excluding carboxylic acids is 1. The molecule has 2 nitrogen and oxygen atoms in total. The maximum atomic E-state index is 12.5. The molecule has 0 atom stereocenters. The number of hydrogen-bond donors (Lipinski definition) is 0. The normalized spacial score (nSPS) is 11.1. The van der Waals surface area contributed by atoms with Crippen LogP contribution in [0.3, 0.4) is 0 Å². The molecule has 0 saturated heterocycles. The Morgan fingerprint density at radius 1 is 1.26 bits per heavy atom. The van der Waals surface area contributed by atoms with Crippen LogP contribution in [-0.2, 0) is 7.05 Å². The van der Waals surface area contributed by atoms with E-state index >= 15 is 0 Å². The van der Waals surface area contributed by atoms with Crippen LogP contribution in [0.25, 0.3) is 10.9 Å². The summed E-state index contributed by atoms with van der Waals surface area (Å²) >= 11 is 13.4. The fourth-order valence-corrected chi connectivity index (χ4v) is 3.38. The fourth-order valence-electron chi connectivity index (χ4n) is 2.12. The minimum atomic E-state index is -0.0482. The number of thiophene rings is 1. The van der Waals surface area contributed by atoms with Gasteiger partial charge in [-0.2, -0.15) is 0 Å². The van der Waals surface area contributed by atoms with Crippen LogP contribution in [0.5, 0.6) is 0 Å². The van der Waals surface area contributed by atoms with Gasteiger partial charge in [-0.15, -0.1) is 11.3 Å². The lowest BCUT2D eigenvalue weighted by molar-refractivity contribution is 0.104. The zero-order valence-electron chi connectivity index (χ0n) is 9.98. The number of ketones is 1. The summed E-state index contributed by atoms with van der Waals surface area (Å²) in [6.07, 6.45) is 1.82. The van der Waals surface area contributed by atoms with Gasteiger partial charge >= 0.3 is 0 Å². The van der Waals surface area contributed by atoms with Crippen molar-refractivity contribution in [2.75, 3.05) is 0 Å². The van der Waals surface area contributed by atoms with Crippen molar-refractivity contribution in [3.8, 4) is 0 Å². The van der Waals surface area contributed by atoms with E-state index in [1.807, 2.05) is 35.3 Å². The zero-order valence-corrected chi connectivity index (χ0v) is 12.3. The third-order valence-corrected chi connectivity index (χ3v) is 4.60. The van der Waals surface area contributed by atoms with E-state index in [2.05, 4.69) is 0 Å². The van der Waals surface area contributed by atoms with Crippen molar-refractivity contribution in [1.29, 1.82) is 0 Å². The minimum Gasteiger partial charge on any atom is -0.350 e. The number of benzene rings is 1. The second-order valence-electron chi connectivity index (χ2n) is 4.24. The minimum absolute atomic E-state index is 0.0482. The van der Waals surface area contributed by atoms with Gasteiger partial charge in [0.2, 0.25) is 5.78 Å². The Kier molecular flexibility index (Phi) is 3.13. The summed E-state index contributed by atoms with van der Waals surface area (Å²) in [5.74, 6) is -0.0482. The smallest absolute Gasteiger partial charge is 0.206 e. The van der Waals surface area contributed by atoms with Crippen LogP contribution >= 0.6 is 34.5 Å². The lowest BCUT2D eigenvalue weighted by Gasteiger charge is -1.98. The van der Waals surface area contributed by atoms with Gasteiger partial charge in [-0.05, 0) is 23.6 Å². The molecule has 0 unspecified atom stereocenters. The van der Waals surface area contributed by atoms with Gasteiger partial charge in [0.15, 0.2) is 0 Å². The van der Waals surface area contributed by atoms with Crippen LogP contribution in [0.15, 0.2) is 35.8 Å². The molecule has 0 aliphatic heterocycles. The van der Waals surface area contributed by atoms with Gasteiger partial charge in [0, 0.05) is 34.7 Å². The molecule has 19 heavy (non-hydrogen) atoms. The number of carbonyl (C=O) groups is 1. The predicted octanol–water partition coefficient (Wildman–Crippen LogP) is 4.78. The van der Waals surface area contributed by atoms with Crippen LogP contribution in [-0.4, -0.2) is 10.4 Å². The van der Waals surface area contributed by atoms with Crippen molar-refractivity contribution in [2.45, 2.75) is 0 Å². The number of rotatable bonds is 2. The summed E-state index contributed by atoms with van der Waals surface area (Å²) in [5, 5.41) is 3.86. The maximum absolute atomic E-state index is 12.5. The molecule has 0 saturated carbocycles. The molecular formula is C14H9Cl2NOS. The summed E-state index contributed by atoms with van der Waals surface area (Å²) in [7, 11) is 1.89. The summed E-state index contributed by atoms with van der Waals surface area (Å²) in [6.45, 7) is 0. The summed E-state index contributed by atoms with van der Waals surface area (Å²) in [6, 6.07) is 7.24. The molecule has 0 spiro atoms. The molecule has 0 aliphatic rings. The van der Waals surface area contributed by atoms with Crippen LogP contribution in [0.2, 0.25) is 10.0 Å². The first kappa shape index (κ1) is 12.7. The van der Waals surface area contributed by atoms with E-state index < -0.39 is 0 Å². The highest BCUT2D eigenvalue weighted by Crippen LogP contribution is 2.30. The highest BCUT2D eigenvalue weighted by molar-refractivity contribution is 7.13. The van der Waals surface area contributed by atoms with Gasteiger partial charge < -0.3 is 4.57 Å². The van der Waals surface area contributed by atoms with Gasteiger partial charge in [-0.25, -0.2) is 0 Å². The van der Waals surface area contributed by atoms with Crippen molar-refractivity contribution in [3.05, 3.63) is 56.3 Å². The van der Waals surface area contributed by atoms with E-state index in [-0.39, 0.29) is 5.78 Å². The molecule has 0 N–H and O–H groups in total. The quantitative estimate of drug-likeness (QED) is 0.624. The number of halogens is 2. The van der Waals surface area contributed by atoms with Crippen LogP contribution in [0.1, 0.15) is 15.2 Å². The molecule has 3 rings (SSSR count). The molecule has 5 heteroatoms. The first-order valence-corrected chi connectivity index (χ1v) is 7.24. The Morgan fingerprint density at radius 3 is 2.74 bits per heavy atom. The standard InChI is InChI=1S/C14H9Cl2NOS/c1-17-7-10(9-3-2-8(15)6-12(9)17)13(18)14-11(16)4-5-19-14/h2-7H,1H3. The van der Waals surface area contributed by atoms with Gasteiger partial charge in [-0.3, -0.25) is 4.79 Å². The Balaban J connectivity index is 2.21. The van der Waals surface area contributed by atoms with Crippen molar-refractivity contribution in [2.24, 2.45) is 7.05 Å². The SMILES string of the molecule is Cn1cc(C(=O)c2sccc2Cl)c2ccc(Cl)cc21. The number of aromatic nitrogens is 1. The maximum Gasteiger partial charge on any atom is 0.206 e. The number of aryl methyl sites for hydroxylation is 1. The van der Waals surface area contributed by atoms with Crippen molar-refractivity contribution in [1.82, 2.24) is 4.57 Å². The van der Waals surface area contributed by atoms with E-state index in [1.54, 1.807) is 12.1 Å². The Labute approximate surface area is 124 Å². The fraction of sp³-hybridized carbons (Fsp3) is 0.0714. The van der Waals surface area contributed by atoms with Crippen molar-refractivity contribution in [3.63, 3.8) is 0 Å². The first-order valence-electron chi connectivity index (χ1n) is 5.60. The second kappa shape index (κ2) is 4.67. The largest absolute Gasteiger partial charge is 0.350 e. The molecule has 2 aromatic heterocycles. The van der Waals surface area contributed by atoms with Gasteiger partial charge in [0.1, 0.15) is 0 Å². The Hall–Kier alpha value is -1.29. The van der Waals surface area contributed by atoms with Crippen LogP contribution in [0.4, 0.5) is 0 Å². The second-order valence-corrected chi connectivity index (χ2v) is 6.00. The Morgan fingerprint density at radius 2 is 2.05 bits per heavy atom. The van der Waals surface area contributed by atoms with E-state index in [9.17, 15) is 4.79 Å². The molecule has 2 heterocycles. The molecule has 0 radical (unpaired) electrons. The third kappa shape index (κ3) is 2.08.